The number of nitroso groups, excluding NO2 is 1. The van der Waals surface area contributed by atoms with E-state index in [-0.39, 0.29) is 0 Å². The van der Waals surface area contributed by atoms with Crippen LogP contribution in [-0.4, -0.2) is 7.05 Å². The van der Waals surface area contributed by atoms with Crippen LogP contribution in [0.25, 0.3) is 21.5 Å². The van der Waals surface area contributed by atoms with Gasteiger partial charge in [-0.05, 0) is 76.6 Å². The molecule has 6 aromatic carbocycles. The van der Waals surface area contributed by atoms with Crippen LogP contribution in [0.4, 0.5) is 34.1 Å². The highest BCUT2D eigenvalue weighted by Crippen LogP contribution is 2.42. The monoisotopic (exact) mass is 479 g/mol. The quantitative estimate of drug-likeness (QED) is 0.223. The molecule has 0 N–H and O–H groups in total. The van der Waals surface area contributed by atoms with E-state index in [1.54, 1.807) is 12.1 Å². The molecule has 37 heavy (non-hydrogen) atoms. The number of rotatable bonds is 6. The summed E-state index contributed by atoms with van der Waals surface area (Å²) in [6.45, 7) is 0. The first-order chi connectivity index (χ1) is 18.2. The predicted molar refractivity (Wildman–Crippen MR) is 156 cm³/mol. The first-order valence-electron chi connectivity index (χ1n) is 12.3. The molecule has 0 aliphatic carbocycles. The minimum Gasteiger partial charge on any atom is -0.345 e. The van der Waals surface area contributed by atoms with Crippen molar-refractivity contribution in [3.8, 4) is 0 Å². The summed E-state index contributed by atoms with van der Waals surface area (Å²) in [6, 6.07) is 45.8. The topological polar surface area (TPSA) is 35.9 Å². The van der Waals surface area contributed by atoms with Crippen LogP contribution in [0, 0.1) is 4.91 Å². The Hall–Kier alpha value is -4.96. The fraction of sp³-hybridized carbons (Fsp3) is 0.0303. The molecule has 0 spiro atoms. The van der Waals surface area contributed by atoms with Crippen molar-refractivity contribution in [1.82, 2.24) is 0 Å². The molecule has 0 saturated heterocycles. The maximum absolute atomic E-state index is 10.8. The molecule has 6 aromatic rings. The molecule has 0 aliphatic rings. The van der Waals surface area contributed by atoms with Crippen LogP contribution in [0.2, 0.25) is 0 Å². The molecule has 0 fully saturated rings. The Morgan fingerprint density at radius 2 is 0.919 bits per heavy atom. The number of benzene rings is 6. The maximum atomic E-state index is 10.8. The molecule has 0 bridgehead atoms. The highest BCUT2D eigenvalue weighted by molar-refractivity contribution is 6.04. The molecule has 0 aliphatic heterocycles. The first kappa shape index (κ1) is 22.5. The Labute approximate surface area is 216 Å². The van der Waals surface area contributed by atoms with Crippen LogP contribution in [0.1, 0.15) is 0 Å². The van der Waals surface area contributed by atoms with Gasteiger partial charge in [-0.15, -0.1) is 4.91 Å². The van der Waals surface area contributed by atoms with Gasteiger partial charge in [0, 0.05) is 34.9 Å². The van der Waals surface area contributed by atoms with E-state index in [1.165, 1.54) is 21.5 Å². The molecule has 4 nitrogen and oxygen atoms in total. The lowest BCUT2D eigenvalue weighted by molar-refractivity contribution is 1.20. The van der Waals surface area contributed by atoms with E-state index in [2.05, 4.69) is 124 Å². The third-order valence-electron chi connectivity index (χ3n) is 6.85. The summed E-state index contributed by atoms with van der Waals surface area (Å²) in [7, 11) is 2.02. The van der Waals surface area contributed by atoms with Crippen LogP contribution < -0.4 is 9.80 Å². The van der Waals surface area contributed by atoms with Crippen LogP contribution in [0.3, 0.4) is 0 Å². The van der Waals surface area contributed by atoms with E-state index < -0.39 is 0 Å². The van der Waals surface area contributed by atoms with Gasteiger partial charge < -0.3 is 9.80 Å². The average molecular weight is 480 g/mol. The van der Waals surface area contributed by atoms with Gasteiger partial charge in [0.1, 0.15) is 5.69 Å². The molecule has 0 saturated carbocycles. The largest absolute Gasteiger partial charge is 0.345 e. The maximum Gasteiger partial charge on any atom is 0.108 e. The van der Waals surface area contributed by atoms with Crippen LogP contribution in [-0.2, 0) is 0 Å². The molecule has 178 valence electrons. The Balaban J connectivity index is 1.48. The van der Waals surface area contributed by atoms with Gasteiger partial charge in [0.15, 0.2) is 0 Å². The number of hydrogen-bond acceptors (Lipinski definition) is 4. The predicted octanol–water partition coefficient (Wildman–Crippen LogP) is 9.63. The van der Waals surface area contributed by atoms with Crippen molar-refractivity contribution in [3.05, 3.63) is 138 Å². The van der Waals surface area contributed by atoms with Crippen LogP contribution >= 0.6 is 0 Å². The molecule has 0 unspecified atom stereocenters. The third-order valence-corrected chi connectivity index (χ3v) is 6.85. The van der Waals surface area contributed by atoms with Gasteiger partial charge in [-0.2, -0.15) is 0 Å². The Kier molecular flexibility index (Phi) is 5.83. The van der Waals surface area contributed by atoms with Gasteiger partial charge in [-0.1, -0.05) is 72.8 Å². The zero-order chi connectivity index (χ0) is 25.2. The summed E-state index contributed by atoms with van der Waals surface area (Å²) in [5.74, 6) is 0. The molecule has 0 amide bonds. The lowest BCUT2D eigenvalue weighted by atomic mass is 10.0. The van der Waals surface area contributed by atoms with E-state index in [1.807, 2.05) is 19.2 Å². The summed E-state index contributed by atoms with van der Waals surface area (Å²) in [6.07, 6.45) is 0. The van der Waals surface area contributed by atoms with E-state index in [4.69, 9.17) is 0 Å². The highest BCUT2D eigenvalue weighted by atomic mass is 16.3. The van der Waals surface area contributed by atoms with Crippen molar-refractivity contribution < 1.29 is 0 Å². The average Bonchev–Trinajstić information content (AvgIpc) is 2.97. The summed E-state index contributed by atoms with van der Waals surface area (Å²) in [4.78, 5) is 15.2. The molecule has 6 rings (SSSR count). The lowest BCUT2D eigenvalue weighted by Crippen LogP contribution is -2.12. The Bertz CT molecular complexity index is 1620. The summed E-state index contributed by atoms with van der Waals surface area (Å²) >= 11 is 0. The number of anilines is 5. The zero-order valence-electron chi connectivity index (χ0n) is 20.5. The molecule has 0 aromatic heterocycles. The van der Waals surface area contributed by atoms with E-state index >= 15 is 0 Å². The van der Waals surface area contributed by atoms with Gasteiger partial charge >= 0.3 is 0 Å². The standard InChI is InChI=1S/C33H25N3O/c1-35(27-18-16-26(34-37)17-19-27)28-20-22-29(23-21-28)36(32-14-6-10-24-8-2-4-12-30(24)32)33-15-7-11-25-9-3-5-13-31(25)33/h2-23H,1H3. The second-order valence-corrected chi connectivity index (χ2v) is 9.02. The minimum atomic E-state index is 0.424. The fourth-order valence-electron chi connectivity index (χ4n) is 4.93. The van der Waals surface area contributed by atoms with Crippen LogP contribution in [0.5, 0.6) is 0 Å². The number of nitrogens with zero attached hydrogens (tertiary/aromatic N) is 3. The molecule has 0 heterocycles. The van der Waals surface area contributed by atoms with E-state index in [0.717, 1.165) is 28.4 Å². The molecule has 0 atom stereocenters. The van der Waals surface area contributed by atoms with Gasteiger partial charge in [0.05, 0.1) is 11.4 Å². The summed E-state index contributed by atoms with van der Waals surface area (Å²) in [5.41, 5.74) is 5.80. The summed E-state index contributed by atoms with van der Waals surface area (Å²) < 4.78 is 0. The van der Waals surface area contributed by atoms with Crippen molar-refractivity contribution in [3.63, 3.8) is 0 Å². The summed E-state index contributed by atoms with van der Waals surface area (Å²) in [5, 5.41) is 7.80. The van der Waals surface area contributed by atoms with Crippen molar-refractivity contribution in [2.45, 2.75) is 0 Å². The highest BCUT2D eigenvalue weighted by Gasteiger charge is 2.17. The van der Waals surface area contributed by atoms with Gasteiger partial charge in [0.25, 0.3) is 0 Å². The second-order valence-electron chi connectivity index (χ2n) is 9.02. The van der Waals surface area contributed by atoms with E-state index in [9.17, 15) is 4.91 Å². The van der Waals surface area contributed by atoms with Gasteiger partial charge in [0.2, 0.25) is 0 Å². The first-order valence-corrected chi connectivity index (χ1v) is 12.3. The zero-order valence-corrected chi connectivity index (χ0v) is 20.5. The van der Waals surface area contributed by atoms with Gasteiger partial charge in [-0.25, -0.2) is 0 Å². The number of fused-ring (bicyclic) bond motifs is 2. The Morgan fingerprint density at radius 3 is 1.43 bits per heavy atom. The minimum absolute atomic E-state index is 0.424. The van der Waals surface area contributed by atoms with Crippen molar-refractivity contribution in [1.29, 1.82) is 0 Å². The fourth-order valence-corrected chi connectivity index (χ4v) is 4.93. The normalized spacial score (nSPS) is 10.9. The Morgan fingerprint density at radius 1 is 0.486 bits per heavy atom. The lowest BCUT2D eigenvalue weighted by Gasteiger charge is -2.29. The molecular formula is C33H25N3O. The van der Waals surface area contributed by atoms with Crippen molar-refractivity contribution in [2.75, 3.05) is 16.8 Å². The van der Waals surface area contributed by atoms with Crippen LogP contribution in [0.15, 0.2) is 139 Å². The number of hydrogen-bond donors (Lipinski definition) is 0. The smallest absolute Gasteiger partial charge is 0.108 e. The third kappa shape index (κ3) is 4.19. The SMILES string of the molecule is CN(c1ccc(N=O)cc1)c1ccc(N(c2cccc3ccccc23)c2cccc3ccccc23)cc1. The van der Waals surface area contributed by atoms with Crippen molar-refractivity contribution >= 4 is 55.7 Å². The molecular weight excluding hydrogens is 454 g/mol. The molecule has 0 radical (unpaired) electrons. The van der Waals surface area contributed by atoms with Crippen molar-refractivity contribution in [2.24, 2.45) is 5.18 Å². The second kappa shape index (κ2) is 9.59. The van der Waals surface area contributed by atoms with Gasteiger partial charge in [-0.3, -0.25) is 0 Å². The molecule has 4 heteroatoms. The van der Waals surface area contributed by atoms with E-state index in [0.29, 0.717) is 5.69 Å².